The van der Waals surface area contributed by atoms with Crippen LogP contribution in [0.4, 0.5) is 0 Å². The number of allylic oxidation sites excluding steroid dienone is 3. The van der Waals surface area contributed by atoms with Crippen molar-refractivity contribution in [2.24, 2.45) is 0 Å². The van der Waals surface area contributed by atoms with Crippen molar-refractivity contribution in [2.75, 3.05) is 27.4 Å². The first-order chi connectivity index (χ1) is 9.19. The van der Waals surface area contributed by atoms with E-state index in [1.807, 2.05) is 6.08 Å². The molecule has 0 bridgehead atoms. The van der Waals surface area contributed by atoms with Crippen LogP contribution < -0.4 is 0 Å². The van der Waals surface area contributed by atoms with Crippen molar-refractivity contribution in [3.8, 4) is 0 Å². The van der Waals surface area contributed by atoms with Crippen LogP contribution in [0.25, 0.3) is 0 Å². The van der Waals surface area contributed by atoms with Crippen molar-refractivity contribution in [1.29, 1.82) is 0 Å². The summed E-state index contributed by atoms with van der Waals surface area (Å²) in [4.78, 5) is 11.3. The van der Waals surface area contributed by atoms with Crippen LogP contribution in [0.15, 0.2) is 23.5 Å². The molecule has 0 aromatic rings. The minimum absolute atomic E-state index is 0.212. The minimum Gasteiger partial charge on any atom is -0.490 e. The van der Waals surface area contributed by atoms with E-state index in [1.54, 1.807) is 6.08 Å². The molecule has 0 radical (unpaired) electrons. The van der Waals surface area contributed by atoms with Crippen LogP contribution in [0.1, 0.15) is 25.7 Å². The van der Waals surface area contributed by atoms with E-state index in [0.29, 0.717) is 13.2 Å². The van der Waals surface area contributed by atoms with E-state index in [2.05, 4.69) is 4.74 Å². The predicted molar refractivity (Wildman–Crippen MR) is 68.3 cm³/mol. The third-order valence-electron chi connectivity index (χ3n) is 3.54. The van der Waals surface area contributed by atoms with Gasteiger partial charge in [-0.2, -0.15) is 0 Å². The Balaban J connectivity index is 1.94. The van der Waals surface area contributed by atoms with Gasteiger partial charge in [0, 0.05) is 12.8 Å². The lowest BCUT2D eigenvalue weighted by atomic mass is 9.89. The zero-order valence-corrected chi connectivity index (χ0v) is 11.4. The molecule has 1 aliphatic carbocycles. The summed E-state index contributed by atoms with van der Waals surface area (Å²) >= 11 is 0. The molecule has 0 N–H and O–H groups in total. The van der Waals surface area contributed by atoms with Crippen molar-refractivity contribution in [3.63, 3.8) is 0 Å². The molecule has 0 atom stereocenters. The van der Waals surface area contributed by atoms with Crippen molar-refractivity contribution < 1.29 is 23.7 Å². The van der Waals surface area contributed by atoms with Gasteiger partial charge in [-0.1, -0.05) is 11.6 Å². The average molecular weight is 268 g/mol. The third kappa shape index (κ3) is 3.36. The lowest BCUT2D eigenvalue weighted by molar-refractivity contribution is -0.171. The van der Waals surface area contributed by atoms with Gasteiger partial charge in [0.15, 0.2) is 5.79 Å². The van der Waals surface area contributed by atoms with Gasteiger partial charge in [0.2, 0.25) is 5.76 Å². The van der Waals surface area contributed by atoms with E-state index in [9.17, 15) is 4.79 Å². The molecule has 1 saturated carbocycles. The Morgan fingerprint density at radius 3 is 2.32 bits per heavy atom. The number of carbonyl (C=O) groups excluding carboxylic acids is 1. The molecule has 5 nitrogen and oxygen atoms in total. The molecule has 1 aliphatic heterocycles. The Morgan fingerprint density at radius 2 is 1.79 bits per heavy atom. The lowest BCUT2D eigenvalue weighted by Gasteiger charge is -2.32. The van der Waals surface area contributed by atoms with Crippen LogP contribution in [0.2, 0.25) is 0 Å². The number of ether oxygens (including phenoxy) is 4. The number of rotatable bonds is 3. The van der Waals surface area contributed by atoms with E-state index in [1.165, 1.54) is 19.8 Å². The minimum atomic E-state index is -0.464. The maximum absolute atomic E-state index is 11.3. The molecule has 0 aromatic carbocycles. The second-order valence-corrected chi connectivity index (χ2v) is 4.66. The fourth-order valence-corrected chi connectivity index (χ4v) is 2.42. The van der Waals surface area contributed by atoms with Gasteiger partial charge in [0.05, 0.1) is 27.4 Å². The van der Waals surface area contributed by atoms with Gasteiger partial charge in [-0.05, 0) is 18.9 Å². The van der Waals surface area contributed by atoms with Crippen LogP contribution in [-0.2, 0) is 23.7 Å². The number of hydrogen-bond acceptors (Lipinski definition) is 5. The molecule has 1 heterocycles. The monoisotopic (exact) mass is 268 g/mol. The molecule has 106 valence electrons. The van der Waals surface area contributed by atoms with Crippen molar-refractivity contribution in [2.45, 2.75) is 31.5 Å². The summed E-state index contributed by atoms with van der Waals surface area (Å²) in [7, 11) is 2.79. The van der Waals surface area contributed by atoms with Crippen LogP contribution in [-0.4, -0.2) is 39.2 Å². The Hall–Kier alpha value is -1.33. The first-order valence-electron chi connectivity index (χ1n) is 6.49. The molecule has 2 aliphatic rings. The quantitative estimate of drug-likeness (QED) is 0.445. The third-order valence-corrected chi connectivity index (χ3v) is 3.54. The summed E-state index contributed by atoms with van der Waals surface area (Å²) in [6.45, 7) is 1.38. The largest absolute Gasteiger partial charge is 0.490 e. The number of carbonyl (C=O) groups is 1. The number of esters is 1. The standard InChI is InChI=1S/C14H20O5/c1-16-12(13(15)17-2)4-3-11-5-7-14(8-6-11)18-9-10-19-14/h3-4H,5-10H2,1-2H3. The molecule has 0 aromatic heterocycles. The molecule has 2 fully saturated rings. The lowest BCUT2D eigenvalue weighted by Crippen LogP contribution is -2.33. The van der Waals surface area contributed by atoms with Gasteiger partial charge in [0.1, 0.15) is 0 Å². The van der Waals surface area contributed by atoms with Crippen LogP contribution >= 0.6 is 0 Å². The first-order valence-corrected chi connectivity index (χ1v) is 6.49. The highest BCUT2D eigenvalue weighted by atomic mass is 16.7. The second-order valence-electron chi connectivity index (χ2n) is 4.66. The maximum atomic E-state index is 11.3. The zero-order valence-electron chi connectivity index (χ0n) is 11.4. The average Bonchev–Trinajstić information content (AvgIpc) is 2.89. The summed E-state index contributed by atoms with van der Waals surface area (Å²) in [5.74, 6) is -0.606. The predicted octanol–water partition coefficient (Wildman–Crippen LogP) is 1.93. The number of hydrogen-bond donors (Lipinski definition) is 0. The van der Waals surface area contributed by atoms with Crippen LogP contribution in [0.5, 0.6) is 0 Å². The van der Waals surface area contributed by atoms with Gasteiger partial charge in [-0.25, -0.2) is 4.79 Å². The van der Waals surface area contributed by atoms with Crippen molar-refractivity contribution >= 4 is 5.97 Å². The van der Waals surface area contributed by atoms with Crippen molar-refractivity contribution in [3.05, 3.63) is 23.5 Å². The Bertz CT molecular complexity index is 379. The van der Waals surface area contributed by atoms with Gasteiger partial charge in [-0.15, -0.1) is 0 Å². The molecule has 2 rings (SSSR count). The summed E-state index contributed by atoms with van der Waals surface area (Å²) in [6.07, 6.45) is 7.15. The molecule has 0 amide bonds. The van der Waals surface area contributed by atoms with Gasteiger partial charge < -0.3 is 18.9 Å². The second kappa shape index (κ2) is 6.21. The van der Waals surface area contributed by atoms with E-state index in [4.69, 9.17) is 14.2 Å². The van der Waals surface area contributed by atoms with Crippen LogP contribution in [0.3, 0.4) is 0 Å². The Kier molecular flexibility index (Phi) is 4.61. The first kappa shape index (κ1) is 14.1. The number of methoxy groups -OCH3 is 2. The molecule has 19 heavy (non-hydrogen) atoms. The zero-order chi connectivity index (χ0) is 13.7. The fraction of sp³-hybridized carbons (Fsp3) is 0.643. The summed E-state index contributed by atoms with van der Waals surface area (Å²) in [5.41, 5.74) is 1.27. The van der Waals surface area contributed by atoms with Gasteiger partial charge >= 0.3 is 5.97 Å². The normalized spacial score (nSPS) is 22.4. The summed E-state index contributed by atoms with van der Waals surface area (Å²) in [6, 6.07) is 0. The van der Waals surface area contributed by atoms with Gasteiger partial charge in [-0.3, -0.25) is 0 Å². The summed E-state index contributed by atoms with van der Waals surface area (Å²) < 4.78 is 20.9. The highest BCUT2D eigenvalue weighted by Gasteiger charge is 2.38. The molecule has 0 unspecified atom stereocenters. The summed E-state index contributed by atoms with van der Waals surface area (Å²) in [5, 5.41) is 0. The smallest absolute Gasteiger partial charge is 0.373 e. The van der Waals surface area contributed by atoms with E-state index >= 15 is 0 Å². The maximum Gasteiger partial charge on any atom is 0.373 e. The fourth-order valence-electron chi connectivity index (χ4n) is 2.42. The molecule has 5 heteroatoms. The topological polar surface area (TPSA) is 54.0 Å². The van der Waals surface area contributed by atoms with Crippen LogP contribution in [0, 0.1) is 0 Å². The molecule has 1 saturated heterocycles. The van der Waals surface area contributed by atoms with Crippen molar-refractivity contribution in [1.82, 2.24) is 0 Å². The molecular formula is C14H20O5. The Morgan fingerprint density at radius 1 is 1.16 bits per heavy atom. The Labute approximate surface area is 113 Å². The highest BCUT2D eigenvalue weighted by molar-refractivity contribution is 5.86. The molecule has 1 spiro atoms. The van der Waals surface area contributed by atoms with E-state index in [0.717, 1.165) is 25.7 Å². The van der Waals surface area contributed by atoms with E-state index < -0.39 is 5.97 Å². The molecular weight excluding hydrogens is 248 g/mol. The highest BCUT2D eigenvalue weighted by Crippen LogP contribution is 2.37. The van der Waals surface area contributed by atoms with E-state index in [-0.39, 0.29) is 11.5 Å². The van der Waals surface area contributed by atoms with Gasteiger partial charge in [0.25, 0.3) is 0 Å². The SMILES string of the molecule is COC(=O)C(=CC=C1CCC2(CC1)OCCO2)OC.